The average Bonchev–Trinajstić information content (AvgIpc) is 2.84. The predicted molar refractivity (Wildman–Crippen MR) is 71.3 cm³/mol. The van der Waals surface area contributed by atoms with Gasteiger partial charge in [0.05, 0.1) is 0 Å². The summed E-state index contributed by atoms with van der Waals surface area (Å²) in [6.07, 6.45) is 7.99. The number of aromatic nitrogens is 2. The first-order chi connectivity index (χ1) is 8.31. The summed E-state index contributed by atoms with van der Waals surface area (Å²) >= 11 is 0. The SMILES string of the molecule is CCn1ccnc1NCC(C)N1CCCCC1. The molecule has 1 fully saturated rings. The van der Waals surface area contributed by atoms with Crippen molar-refractivity contribution in [3.05, 3.63) is 12.4 Å². The van der Waals surface area contributed by atoms with E-state index in [1.165, 1.54) is 32.4 Å². The second-order valence-electron chi connectivity index (χ2n) is 4.86. The smallest absolute Gasteiger partial charge is 0.202 e. The topological polar surface area (TPSA) is 33.1 Å². The number of nitrogens with zero attached hydrogens (tertiary/aromatic N) is 3. The normalized spacial score (nSPS) is 19.2. The third-order valence-electron chi connectivity index (χ3n) is 3.63. The Balaban J connectivity index is 1.80. The monoisotopic (exact) mass is 236 g/mol. The fraction of sp³-hybridized carbons (Fsp3) is 0.769. The first-order valence-electron chi connectivity index (χ1n) is 6.80. The zero-order chi connectivity index (χ0) is 12.1. The largest absolute Gasteiger partial charge is 0.354 e. The summed E-state index contributed by atoms with van der Waals surface area (Å²) in [7, 11) is 0. The van der Waals surface area contributed by atoms with Gasteiger partial charge in [-0.2, -0.15) is 0 Å². The highest BCUT2D eigenvalue weighted by atomic mass is 15.2. The van der Waals surface area contributed by atoms with Crippen molar-refractivity contribution >= 4 is 5.95 Å². The van der Waals surface area contributed by atoms with Crippen LogP contribution in [0.4, 0.5) is 5.95 Å². The summed E-state index contributed by atoms with van der Waals surface area (Å²) < 4.78 is 2.14. The number of hydrogen-bond acceptors (Lipinski definition) is 3. The Labute approximate surface area is 104 Å². The van der Waals surface area contributed by atoms with Crippen LogP contribution >= 0.6 is 0 Å². The first-order valence-corrected chi connectivity index (χ1v) is 6.80. The van der Waals surface area contributed by atoms with Crippen LogP contribution in [0.15, 0.2) is 12.4 Å². The van der Waals surface area contributed by atoms with Crippen LogP contribution in [0.1, 0.15) is 33.1 Å². The molecular weight excluding hydrogens is 212 g/mol. The number of imidazole rings is 1. The van der Waals surface area contributed by atoms with Gasteiger partial charge < -0.3 is 9.88 Å². The summed E-state index contributed by atoms with van der Waals surface area (Å²) in [6.45, 7) is 8.91. The molecule has 0 radical (unpaired) electrons. The number of rotatable bonds is 5. The average molecular weight is 236 g/mol. The molecule has 0 spiro atoms. The van der Waals surface area contributed by atoms with Crippen molar-refractivity contribution < 1.29 is 0 Å². The van der Waals surface area contributed by atoms with Crippen LogP contribution in [0.2, 0.25) is 0 Å². The fourth-order valence-corrected chi connectivity index (χ4v) is 2.46. The molecule has 2 heterocycles. The summed E-state index contributed by atoms with van der Waals surface area (Å²) in [5.74, 6) is 0.997. The van der Waals surface area contributed by atoms with Crippen molar-refractivity contribution in [1.82, 2.24) is 14.5 Å². The summed E-state index contributed by atoms with van der Waals surface area (Å²) in [4.78, 5) is 6.92. The molecule has 0 amide bonds. The van der Waals surface area contributed by atoms with E-state index in [1.54, 1.807) is 0 Å². The minimum atomic E-state index is 0.595. The molecule has 0 bridgehead atoms. The zero-order valence-corrected chi connectivity index (χ0v) is 11.0. The van der Waals surface area contributed by atoms with Gasteiger partial charge in [0.15, 0.2) is 0 Å². The number of nitrogens with one attached hydrogen (secondary N) is 1. The van der Waals surface area contributed by atoms with Gasteiger partial charge in [-0.15, -0.1) is 0 Å². The van der Waals surface area contributed by atoms with E-state index in [-0.39, 0.29) is 0 Å². The quantitative estimate of drug-likeness (QED) is 0.850. The van der Waals surface area contributed by atoms with Crippen LogP contribution in [0.3, 0.4) is 0 Å². The Morgan fingerprint density at radius 2 is 2.12 bits per heavy atom. The molecular formula is C13H24N4. The van der Waals surface area contributed by atoms with E-state index in [2.05, 4.69) is 33.6 Å². The first kappa shape index (κ1) is 12.4. The van der Waals surface area contributed by atoms with E-state index in [0.717, 1.165) is 19.0 Å². The van der Waals surface area contributed by atoms with E-state index in [9.17, 15) is 0 Å². The van der Waals surface area contributed by atoms with Crippen molar-refractivity contribution in [2.24, 2.45) is 0 Å². The molecule has 4 heteroatoms. The van der Waals surface area contributed by atoms with Crippen LogP contribution in [0.5, 0.6) is 0 Å². The van der Waals surface area contributed by atoms with Gasteiger partial charge in [0, 0.05) is 31.5 Å². The third kappa shape index (κ3) is 3.22. The fourth-order valence-electron chi connectivity index (χ4n) is 2.46. The summed E-state index contributed by atoms with van der Waals surface area (Å²) in [6, 6.07) is 0.595. The van der Waals surface area contributed by atoms with Crippen molar-refractivity contribution in [3.63, 3.8) is 0 Å². The van der Waals surface area contributed by atoms with Gasteiger partial charge in [0.25, 0.3) is 0 Å². The molecule has 1 saturated heterocycles. The van der Waals surface area contributed by atoms with Crippen molar-refractivity contribution in [3.8, 4) is 0 Å². The highest BCUT2D eigenvalue weighted by molar-refractivity contribution is 5.25. The molecule has 0 aliphatic carbocycles. The second kappa shape index (κ2) is 6.05. The summed E-state index contributed by atoms with van der Waals surface area (Å²) in [5, 5.41) is 3.45. The molecule has 2 rings (SSSR count). The molecule has 1 aliphatic rings. The van der Waals surface area contributed by atoms with Crippen LogP contribution < -0.4 is 5.32 Å². The molecule has 1 unspecified atom stereocenters. The van der Waals surface area contributed by atoms with Crippen LogP contribution in [0.25, 0.3) is 0 Å². The van der Waals surface area contributed by atoms with Crippen LogP contribution in [0, 0.1) is 0 Å². The Morgan fingerprint density at radius 1 is 1.35 bits per heavy atom. The van der Waals surface area contributed by atoms with Crippen molar-refractivity contribution in [2.45, 2.75) is 45.7 Å². The highest BCUT2D eigenvalue weighted by Crippen LogP contribution is 2.12. The maximum Gasteiger partial charge on any atom is 0.202 e. The van der Waals surface area contributed by atoms with E-state index < -0.39 is 0 Å². The number of aryl methyl sites for hydroxylation is 1. The molecule has 4 nitrogen and oxygen atoms in total. The Hall–Kier alpha value is -1.03. The molecule has 96 valence electrons. The van der Waals surface area contributed by atoms with Gasteiger partial charge in [-0.25, -0.2) is 4.98 Å². The number of likely N-dealkylation sites (tertiary alicyclic amines) is 1. The number of anilines is 1. The zero-order valence-electron chi connectivity index (χ0n) is 11.0. The summed E-state index contributed by atoms with van der Waals surface area (Å²) in [5.41, 5.74) is 0. The minimum absolute atomic E-state index is 0.595. The van der Waals surface area contributed by atoms with Gasteiger partial charge in [-0.1, -0.05) is 6.42 Å². The molecule has 1 aliphatic heterocycles. The second-order valence-corrected chi connectivity index (χ2v) is 4.86. The number of piperidine rings is 1. The van der Waals surface area contributed by atoms with Crippen LogP contribution in [-0.4, -0.2) is 40.1 Å². The molecule has 0 saturated carbocycles. The van der Waals surface area contributed by atoms with Gasteiger partial charge >= 0.3 is 0 Å². The lowest BCUT2D eigenvalue weighted by molar-refractivity contribution is 0.180. The Bertz CT molecular complexity index is 328. The standard InChI is InChI=1S/C13H24N4/c1-3-16-10-7-14-13(16)15-11-12(2)17-8-5-4-6-9-17/h7,10,12H,3-6,8-9,11H2,1-2H3,(H,14,15). The van der Waals surface area contributed by atoms with E-state index >= 15 is 0 Å². The Kier molecular flexibility index (Phi) is 4.42. The third-order valence-corrected chi connectivity index (χ3v) is 3.63. The van der Waals surface area contributed by atoms with Crippen LogP contribution in [-0.2, 0) is 6.54 Å². The van der Waals surface area contributed by atoms with Crippen molar-refractivity contribution in [2.75, 3.05) is 25.0 Å². The van der Waals surface area contributed by atoms with E-state index in [0.29, 0.717) is 6.04 Å². The van der Waals surface area contributed by atoms with Crippen molar-refractivity contribution in [1.29, 1.82) is 0 Å². The van der Waals surface area contributed by atoms with E-state index in [4.69, 9.17) is 0 Å². The van der Waals surface area contributed by atoms with E-state index in [1.807, 2.05) is 12.4 Å². The molecule has 1 aromatic rings. The Morgan fingerprint density at radius 3 is 2.82 bits per heavy atom. The predicted octanol–water partition coefficient (Wildman–Crippen LogP) is 2.19. The molecule has 1 N–H and O–H groups in total. The number of hydrogen-bond donors (Lipinski definition) is 1. The lowest BCUT2D eigenvalue weighted by atomic mass is 10.1. The lowest BCUT2D eigenvalue weighted by Gasteiger charge is -2.32. The van der Waals surface area contributed by atoms with Gasteiger partial charge in [-0.3, -0.25) is 4.90 Å². The highest BCUT2D eigenvalue weighted by Gasteiger charge is 2.16. The van der Waals surface area contributed by atoms with Gasteiger partial charge in [0.2, 0.25) is 5.95 Å². The maximum absolute atomic E-state index is 4.34. The maximum atomic E-state index is 4.34. The lowest BCUT2D eigenvalue weighted by Crippen LogP contribution is -2.41. The van der Waals surface area contributed by atoms with Gasteiger partial charge in [0.1, 0.15) is 0 Å². The molecule has 0 aromatic carbocycles. The molecule has 17 heavy (non-hydrogen) atoms. The minimum Gasteiger partial charge on any atom is -0.354 e. The van der Waals surface area contributed by atoms with Gasteiger partial charge in [-0.05, 0) is 39.8 Å². The molecule has 1 atom stereocenters. The molecule has 1 aromatic heterocycles.